The summed E-state index contributed by atoms with van der Waals surface area (Å²) in [6.07, 6.45) is 0.707. The number of carbonyl (C=O) groups is 7. The quantitative estimate of drug-likeness (QED) is 0.0235. The third-order valence-corrected chi connectivity index (χ3v) is 16.2. The number of halogens is 2. The number of imide groups is 1. The van der Waals surface area contributed by atoms with E-state index in [1.165, 1.54) is 38.2 Å². The maximum atomic E-state index is 16.1. The number of nitrogens with one attached hydrogen (secondary N) is 1. The summed E-state index contributed by atoms with van der Waals surface area (Å²) in [4.78, 5) is 91.9. The smallest absolute Gasteiger partial charge is 0.306 e. The molecule has 31 heteroatoms. The molecule has 4 amide bonds. The minimum atomic E-state index is -0.797. The molecule has 0 saturated carbocycles. The molecule has 1 saturated heterocycles. The Morgan fingerprint density at radius 2 is 1.07 bits per heavy atom. The van der Waals surface area contributed by atoms with Gasteiger partial charge in [0.25, 0.3) is 0 Å². The molecule has 0 aliphatic carbocycles. The van der Waals surface area contributed by atoms with Crippen molar-refractivity contribution in [1.82, 2.24) is 15.1 Å². The minimum Gasteiger partial charge on any atom is -0.493 e. The minimum absolute atomic E-state index is 0.0158. The summed E-state index contributed by atoms with van der Waals surface area (Å²) < 4.78 is 131. The second-order valence-corrected chi connectivity index (χ2v) is 23.6. The van der Waals surface area contributed by atoms with E-state index in [2.05, 4.69) is 11.9 Å². The molecule has 0 bridgehead atoms. The number of ether oxygens (including phenoxy) is 18. The average molecular weight is 1430 g/mol. The van der Waals surface area contributed by atoms with Gasteiger partial charge in [0, 0.05) is 67.6 Å². The lowest BCUT2D eigenvalue weighted by Crippen LogP contribution is -2.43. The molecular weight excluding hydrogens is 1330 g/mol. The number of thiophene rings is 1. The third kappa shape index (κ3) is 31.0. The molecule has 3 heterocycles. The summed E-state index contributed by atoms with van der Waals surface area (Å²) in [6.45, 7) is 16.3. The lowest BCUT2D eigenvalue weighted by Gasteiger charge is -2.18. The van der Waals surface area contributed by atoms with Crippen LogP contribution in [-0.4, -0.2) is 263 Å². The van der Waals surface area contributed by atoms with Crippen molar-refractivity contribution in [2.24, 2.45) is 11.8 Å². The second kappa shape index (κ2) is 49.1. The van der Waals surface area contributed by atoms with Gasteiger partial charge in [-0.25, -0.2) is 8.78 Å². The number of hydrogen-bond donors (Lipinski definition) is 1. The van der Waals surface area contributed by atoms with Crippen LogP contribution in [0, 0.1) is 23.5 Å². The molecule has 2 unspecified atom stereocenters. The number of carbonyl (C=O) groups excluding carboxylic acids is 7. The van der Waals surface area contributed by atoms with Crippen molar-refractivity contribution in [3.05, 3.63) is 58.5 Å². The number of Topliss-reactive ketones (excluding diaryl/α,β-unsaturated/α-hetero) is 1. The van der Waals surface area contributed by atoms with Gasteiger partial charge in [0.1, 0.15) is 19.3 Å². The van der Waals surface area contributed by atoms with Crippen LogP contribution in [0.2, 0.25) is 0 Å². The van der Waals surface area contributed by atoms with Gasteiger partial charge in [0.05, 0.1) is 210 Å². The fraction of sp³-hybridized carbons (Fsp3) is 0.662. The molecule has 2 aromatic carbocycles. The fourth-order valence-corrected chi connectivity index (χ4v) is 10.9. The Bertz CT molecular complexity index is 2940. The van der Waals surface area contributed by atoms with Crippen LogP contribution in [0.15, 0.2) is 30.9 Å². The predicted molar refractivity (Wildman–Crippen MR) is 353 cm³/mol. The maximum Gasteiger partial charge on any atom is 0.306 e. The highest BCUT2D eigenvalue weighted by molar-refractivity contribution is 7.20. The number of amides is 4. The first-order chi connectivity index (χ1) is 48.1. The van der Waals surface area contributed by atoms with E-state index in [9.17, 15) is 33.6 Å². The number of benzene rings is 2. The Labute approximate surface area is 580 Å². The Balaban J connectivity index is 0.838. The monoisotopic (exact) mass is 1430 g/mol. The van der Waals surface area contributed by atoms with Gasteiger partial charge < -0.3 is 95.5 Å². The number of esters is 2. The summed E-state index contributed by atoms with van der Waals surface area (Å²) in [5.74, 6) is -5.94. The summed E-state index contributed by atoms with van der Waals surface area (Å²) in [6, 6.07) is 4.48. The van der Waals surface area contributed by atoms with E-state index in [4.69, 9.17) is 85.3 Å². The molecule has 0 spiro atoms. The van der Waals surface area contributed by atoms with Crippen LogP contribution in [0.5, 0.6) is 23.0 Å². The van der Waals surface area contributed by atoms with Gasteiger partial charge in [-0.1, -0.05) is 13.0 Å². The van der Waals surface area contributed by atoms with Gasteiger partial charge in [0.15, 0.2) is 40.4 Å². The molecule has 5 rings (SSSR count). The normalized spacial score (nSPS) is 14.2. The zero-order valence-electron chi connectivity index (χ0n) is 57.7. The topological polar surface area (TPSA) is 304 Å². The van der Waals surface area contributed by atoms with Gasteiger partial charge in [-0.3, -0.25) is 38.5 Å². The van der Waals surface area contributed by atoms with Crippen molar-refractivity contribution in [1.29, 1.82) is 0 Å². The van der Waals surface area contributed by atoms with Gasteiger partial charge >= 0.3 is 11.9 Å². The van der Waals surface area contributed by atoms with E-state index in [1.54, 1.807) is 19.3 Å². The molecule has 1 N–H and O–H groups in total. The van der Waals surface area contributed by atoms with Crippen LogP contribution in [0.1, 0.15) is 79.6 Å². The number of nitrogens with zero attached hydrogens (tertiary/aromatic N) is 2. The molecule has 2 aliphatic rings. The van der Waals surface area contributed by atoms with E-state index < -0.39 is 65.6 Å². The van der Waals surface area contributed by atoms with Crippen molar-refractivity contribution in [2.45, 2.75) is 78.0 Å². The van der Waals surface area contributed by atoms with Gasteiger partial charge in [-0.2, -0.15) is 0 Å². The molecule has 3 atom stereocenters. The zero-order valence-corrected chi connectivity index (χ0v) is 58.5. The number of likely N-dealkylation sites (tertiary alicyclic amines) is 1. The average Bonchev–Trinajstić information content (AvgIpc) is 1.71. The number of ketones is 1. The molecular formula is C68H99F2N3O25S. The van der Waals surface area contributed by atoms with Crippen LogP contribution in [0.25, 0.3) is 10.1 Å². The van der Waals surface area contributed by atoms with Crippen molar-refractivity contribution in [3.63, 3.8) is 0 Å². The molecule has 2 aliphatic heterocycles. The van der Waals surface area contributed by atoms with Crippen LogP contribution in [-0.2, 0) is 108 Å². The molecule has 1 aromatic heterocycles. The number of hydrogen-bond acceptors (Lipinski definition) is 26. The SMILES string of the molecule is C=CCC(C)C1CC(=O)N(CC(=O)NC[C@H](C)OC(=O)CCC(=O)c2cc3c(F)c(OCCCOc4c(OC)cc5c(c4F)CN(C(=O)CCC(=O)OCCOCCOCCOCCOCCOCCOCCOCCOCCOCCOCCOCCOC)C5)c(OC)cc3s2)C1=O. The Morgan fingerprint density at radius 1 is 0.596 bits per heavy atom. The van der Waals surface area contributed by atoms with Crippen LogP contribution >= 0.6 is 11.3 Å². The van der Waals surface area contributed by atoms with Gasteiger partial charge in [0.2, 0.25) is 23.6 Å². The molecule has 1 fully saturated rings. The molecule has 556 valence electrons. The Kier molecular flexibility index (Phi) is 41.2. The van der Waals surface area contributed by atoms with Gasteiger partial charge in [-0.15, -0.1) is 17.9 Å². The molecule has 28 nitrogen and oxygen atoms in total. The van der Waals surface area contributed by atoms with Crippen molar-refractivity contribution in [2.75, 3.05) is 206 Å². The van der Waals surface area contributed by atoms with Crippen LogP contribution < -0.4 is 24.3 Å². The van der Waals surface area contributed by atoms with Crippen LogP contribution in [0.3, 0.4) is 0 Å². The molecule has 0 radical (unpaired) electrons. The molecule has 3 aromatic rings. The highest BCUT2D eigenvalue weighted by atomic mass is 32.1. The summed E-state index contributed by atoms with van der Waals surface area (Å²) in [5.41, 5.74) is 0.751. The number of allylic oxidation sites excluding steroid dienone is 1. The lowest BCUT2D eigenvalue weighted by molar-refractivity contribution is -0.148. The first-order valence-corrected chi connectivity index (χ1v) is 34.1. The fourth-order valence-electron chi connectivity index (χ4n) is 9.82. The Hall–Kier alpha value is -6.59. The summed E-state index contributed by atoms with van der Waals surface area (Å²) >= 11 is 1.00. The third-order valence-electron chi connectivity index (χ3n) is 15.1. The highest BCUT2D eigenvalue weighted by Crippen LogP contribution is 2.42. The predicted octanol–water partition coefficient (Wildman–Crippen LogP) is 5.64. The van der Waals surface area contributed by atoms with E-state index in [0.29, 0.717) is 155 Å². The largest absolute Gasteiger partial charge is 0.493 e. The standard InChI is InChI=1S/C68H99F2N3O25S/c1-7-9-48(2)51-42-61(77)73(68(51)80)47-59(75)71-44-49(3)98-63(79)12-10-54(74)58-41-52-57(99-58)43-56(83-6)67(64(52)69)97-15-8-14-96-66-55(82-5)40-50-45-72(46-53(50)65(66)70)60(76)11-13-62(78)95-39-38-94-37-36-93-35-34-92-33-32-91-31-30-90-29-28-89-27-26-88-25-24-87-23-22-86-21-20-85-19-18-84-17-16-81-4/h7,40-41,43,48-49,51H,1,8-39,42,44-47H2,2-6H3,(H,71,75)/t48?,49-,51?/m0/s1. The van der Waals surface area contributed by atoms with E-state index >= 15 is 8.78 Å². The van der Waals surface area contributed by atoms with Crippen LogP contribution in [0.4, 0.5) is 8.78 Å². The van der Waals surface area contributed by atoms with Gasteiger partial charge in [-0.05, 0) is 37.0 Å². The summed E-state index contributed by atoms with van der Waals surface area (Å²) in [7, 11) is 4.31. The maximum absolute atomic E-state index is 16.1. The second-order valence-electron chi connectivity index (χ2n) is 22.5. The first kappa shape index (κ1) is 83.1. The molecule has 99 heavy (non-hydrogen) atoms. The van der Waals surface area contributed by atoms with Crippen molar-refractivity contribution in [3.8, 4) is 23.0 Å². The summed E-state index contributed by atoms with van der Waals surface area (Å²) in [5, 5.41) is 2.65. The number of rotatable bonds is 59. The van der Waals surface area contributed by atoms with E-state index in [1.807, 2.05) is 6.92 Å². The van der Waals surface area contributed by atoms with E-state index in [0.717, 1.165) is 16.2 Å². The zero-order chi connectivity index (χ0) is 71.4. The van der Waals surface area contributed by atoms with Crippen molar-refractivity contribution >= 4 is 62.8 Å². The van der Waals surface area contributed by atoms with Crippen molar-refractivity contribution < 1.29 is 128 Å². The Morgan fingerprint density at radius 3 is 1.57 bits per heavy atom. The number of fused-ring (bicyclic) bond motifs is 2. The first-order valence-electron chi connectivity index (χ1n) is 33.3. The number of methoxy groups -OCH3 is 3. The highest BCUT2D eigenvalue weighted by Gasteiger charge is 2.42. The van der Waals surface area contributed by atoms with E-state index in [-0.39, 0.29) is 142 Å². The lowest BCUT2D eigenvalue weighted by atomic mass is 9.90.